The number of aromatic nitrogens is 2. The fraction of sp³-hybridized carbons (Fsp3) is 0.550. The fourth-order valence-corrected chi connectivity index (χ4v) is 3.65. The summed E-state index contributed by atoms with van der Waals surface area (Å²) in [5, 5.41) is 9.91. The molecule has 2 atom stereocenters. The summed E-state index contributed by atoms with van der Waals surface area (Å²) in [5.41, 5.74) is 1.30. The lowest BCUT2D eigenvalue weighted by Crippen LogP contribution is -2.49. The first-order valence-electron chi connectivity index (χ1n) is 9.76. The summed E-state index contributed by atoms with van der Waals surface area (Å²) in [4.78, 5) is 16.8. The van der Waals surface area contributed by atoms with Crippen LogP contribution in [0.1, 0.15) is 44.9 Å². The van der Waals surface area contributed by atoms with E-state index in [9.17, 15) is 4.79 Å². The second-order valence-corrected chi connectivity index (χ2v) is 7.81. The molecule has 0 aliphatic carbocycles. The third-order valence-corrected chi connectivity index (χ3v) is 5.24. The van der Waals surface area contributed by atoms with Crippen LogP contribution in [0.5, 0.6) is 0 Å². The lowest BCUT2D eigenvalue weighted by atomic mass is 9.90. The van der Waals surface area contributed by atoms with Crippen molar-refractivity contribution in [3.8, 4) is 11.5 Å². The number of carbonyl (C=O) groups is 1. The average molecular weight is 386 g/mol. The Hall–Kier alpha value is -2.45. The first-order valence-corrected chi connectivity index (χ1v) is 9.76. The van der Waals surface area contributed by atoms with Crippen LogP contribution in [-0.2, 0) is 9.47 Å². The molecule has 1 aromatic heterocycles. The van der Waals surface area contributed by atoms with E-state index in [-0.39, 0.29) is 23.6 Å². The molecule has 2 aliphatic rings. The Morgan fingerprint density at radius 3 is 2.75 bits per heavy atom. The Labute approximate surface area is 164 Å². The van der Waals surface area contributed by atoms with Crippen molar-refractivity contribution in [2.45, 2.75) is 50.7 Å². The van der Waals surface area contributed by atoms with Gasteiger partial charge in [-0.15, -0.1) is 0 Å². The Bertz CT molecular complexity index is 812. The predicted molar refractivity (Wildman–Crippen MR) is 103 cm³/mol. The molecular formula is C20H26N4O4. The molecule has 2 fully saturated rings. The number of hydrogen-bond acceptors (Lipinski definition) is 6. The first kappa shape index (κ1) is 18.9. The number of carbonyl (C=O) groups excluding carboxylic acids is 1. The zero-order chi connectivity index (χ0) is 19.6. The van der Waals surface area contributed by atoms with E-state index in [0.717, 1.165) is 31.4 Å². The lowest BCUT2D eigenvalue weighted by molar-refractivity contribution is -0.0877. The molecule has 0 saturated carbocycles. The monoisotopic (exact) mass is 386 g/mol. The number of urea groups is 1. The van der Waals surface area contributed by atoms with Gasteiger partial charge in [-0.2, -0.15) is 4.98 Å². The molecule has 1 aromatic carbocycles. The summed E-state index contributed by atoms with van der Waals surface area (Å²) in [6, 6.07) is 7.23. The van der Waals surface area contributed by atoms with Crippen LogP contribution < -0.4 is 10.6 Å². The van der Waals surface area contributed by atoms with Crippen LogP contribution in [0.4, 0.5) is 10.5 Å². The van der Waals surface area contributed by atoms with Crippen LogP contribution in [0, 0.1) is 0 Å². The molecule has 3 heterocycles. The van der Waals surface area contributed by atoms with E-state index in [0.29, 0.717) is 30.6 Å². The number of benzene rings is 1. The quantitative estimate of drug-likeness (QED) is 0.836. The number of hydrogen-bond donors (Lipinski definition) is 2. The van der Waals surface area contributed by atoms with E-state index < -0.39 is 0 Å². The van der Waals surface area contributed by atoms with Gasteiger partial charge in [0, 0.05) is 42.8 Å². The number of nitrogens with zero attached hydrogens (tertiary/aromatic N) is 2. The highest BCUT2D eigenvalue weighted by Gasteiger charge is 2.41. The Morgan fingerprint density at radius 2 is 2.07 bits per heavy atom. The Morgan fingerprint density at radius 1 is 1.25 bits per heavy atom. The van der Waals surface area contributed by atoms with Crippen molar-refractivity contribution in [1.29, 1.82) is 0 Å². The van der Waals surface area contributed by atoms with Gasteiger partial charge in [-0.25, -0.2) is 4.79 Å². The van der Waals surface area contributed by atoms with E-state index in [1.165, 1.54) is 0 Å². The minimum atomic E-state index is -0.225. The highest BCUT2D eigenvalue weighted by atomic mass is 16.6. The lowest BCUT2D eigenvalue weighted by Gasteiger charge is -2.37. The largest absolute Gasteiger partial charge is 0.378 e. The maximum absolute atomic E-state index is 12.4. The van der Waals surface area contributed by atoms with Gasteiger partial charge >= 0.3 is 6.03 Å². The molecule has 28 heavy (non-hydrogen) atoms. The normalized spacial score (nSPS) is 24.6. The van der Waals surface area contributed by atoms with Crippen LogP contribution >= 0.6 is 0 Å². The van der Waals surface area contributed by atoms with Crippen molar-refractivity contribution in [1.82, 2.24) is 15.5 Å². The third kappa shape index (κ3) is 4.18. The van der Waals surface area contributed by atoms with Crippen LogP contribution in [0.25, 0.3) is 11.5 Å². The number of anilines is 1. The zero-order valence-electron chi connectivity index (χ0n) is 16.2. The second kappa shape index (κ2) is 7.89. The molecule has 0 bridgehead atoms. The third-order valence-electron chi connectivity index (χ3n) is 5.24. The van der Waals surface area contributed by atoms with Crippen molar-refractivity contribution >= 4 is 11.7 Å². The van der Waals surface area contributed by atoms with E-state index in [1.807, 2.05) is 38.1 Å². The van der Waals surface area contributed by atoms with Gasteiger partial charge in [0.25, 0.3) is 5.89 Å². The Kier molecular flexibility index (Phi) is 5.32. The molecule has 0 unspecified atom stereocenters. The number of rotatable bonds is 4. The molecule has 4 rings (SSSR count). The van der Waals surface area contributed by atoms with Crippen molar-refractivity contribution in [3.63, 3.8) is 0 Å². The molecule has 2 N–H and O–H groups in total. The molecule has 8 heteroatoms. The molecule has 1 spiro atoms. The van der Waals surface area contributed by atoms with Gasteiger partial charge in [-0.3, -0.25) is 0 Å². The average Bonchev–Trinajstić information content (AvgIpc) is 3.33. The topological polar surface area (TPSA) is 98.5 Å². The van der Waals surface area contributed by atoms with Gasteiger partial charge in [0.2, 0.25) is 0 Å². The van der Waals surface area contributed by atoms with Gasteiger partial charge in [0.05, 0.1) is 12.2 Å². The predicted octanol–water partition coefficient (Wildman–Crippen LogP) is 3.32. The molecular weight excluding hydrogens is 360 g/mol. The second-order valence-electron chi connectivity index (χ2n) is 7.81. The Balaban J connectivity index is 1.33. The highest BCUT2D eigenvalue weighted by Crippen LogP contribution is 2.32. The zero-order valence-corrected chi connectivity index (χ0v) is 16.2. The van der Waals surface area contributed by atoms with E-state index in [2.05, 4.69) is 20.8 Å². The van der Waals surface area contributed by atoms with Gasteiger partial charge in [0.15, 0.2) is 5.82 Å². The van der Waals surface area contributed by atoms with Gasteiger partial charge in [0.1, 0.15) is 0 Å². The number of nitrogens with one attached hydrogen (secondary N) is 2. The van der Waals surface area contributed by atoms with Crippen molar-refractivity contribution in [2.24, 2.45) is 0 Å². The van der Waals surface area contributed by atoms with E-state index in [1.54, 1.807) is 0 Å². The SMILES string of the molecule is CC(C)c1noc(-c2ccc(NC(=O)N[C@H]3CCO[C@@]4(CCOC4)C3)cc2)n1. The first-order chi connectivity index (χ1) is 13.5. The highest BCUT2D eigenvalue weighted by molar-refractivity contribution is 5.89. The van der Waals surface area contributed by atoms with Crippen molar-refractivity contribution in [3.05, 3.63) is 30.1 Å². The van der Waals surface area contributed by atoms with Crippen LogP contribution in [0.15, 0.2) is 28.8 Å². The summed E-state index contributed by atoms with van der Waals surface area (Å²) in [5.74, 6) is 1.37. The van der Waals surface area contributed by atoms with E-state index in [4.69, 9.17) is 14.0 Å². The molecule has 0 radical (unpaired) electrons. The summed E-state index contributed by atoms with van der Waals surface area (Å²) in [6.07, 6.45) is 2.49. The maximum Gasteiger partial charge on any atom is 0.319 e. The van der Waals surface area contributed by atoms with Crippen LogP contribution in [0.2, 0.25) is 0 Å². The summed E-state index contributed by atoms with van der Waals surface area (Å²) in [6.45, 7) is 6.01. The van der Waals surface area contributed by atoms with Gasteiger partial charge in [-0.05, 0) is 37.1 Å². The molecule has 2 saturated heterocycles. The standard InChI is InChI=1S/C20H26N4O4/c1-13(2)17-23-18(28-24-17)14-3-5-15(6-4-14)21-19(25)22-16-7-9-27-20(11-16)8-10-26-12-20/h3-6,13,16H,7-12H2,1-2H3,(H2,21,22,25)/t16-,20-/m0/s1. The van der Waals surface area contributed by atoms with Crippen LogP contribution in [-0.4, -0.2) is 47.6 Å². The molecule has 2 aromatic rings. The molecule has 2 aliphatic heterocycles. The number of amides is 2. The summed E-state index contributed by atoms with van der Waals surface area (Å²) >= 11 is 0. The van der Waals surface area contributed by atoms with Crippen molar-refractivity contribution < 1.29 is 18.8 Å². The van der Waals surface area contributed by atoms with Gasteiger partial charge in [-0.1, -0.05) is 19.0 Å². The molecule has 8 nitrogen and oxygen atoms in total. The van der Waals surface area contributed by atoms with Crippen LogP contribution in [0.3, 0.4) is 0 Å². The van der Waals surface area contributed by atoms with E-state index >= 15 is 0 Å². The minimum Gasteiger partial charge on any atom is -0.378 e. The maximum atomic E-state index is 12.4. The fourth-order valence-electron chi connectivity index (χ4n) is 3.65. The van der Waals surface area contributed by atoms with Gasteiger partial charge < -0.3 is 24.6 Å². The summed E-state index contributed by atoms with van der Waals surface area (Å²) < 4.78 is 16.7. The smallest absolute Gasteiger partial charge is 0.319 e. The molecule has 2 amide bonds. The van der Waals surface area contributed by atoms with Crippen molar-refractivity contribution in [2.75, 3.05) is 25.1 Å². The molecule has 150 valence electrons. The summed E-state index contributed by atoms with van der Waals surface area (Å²) in [7, 11) is 0. The number of ether oxygens (including phenoxy) is 2. The minimum absolute atomic E-state index is 0.0857.